The van der Waals surface area contributed by atoms with Crippen molar-refractivity contribution in [3.8, 4) is 11.3 Å². The van der Waals surface area contributed by atoms with Gasteiger partial charge in [0.15, 0.2) is 0 Å². The fourth-order valence-corrected chi connectivity index (χ4v) is 4.31. The Kier molecular flexibility index (Phi) is 7.80. The fraction of sp³-hybridized carbons (Fsp3) is 0.267. The first-order valence-electron chi connectivity index (χ1n) is 12.2. The summed E-state index contributed by atoms with van der Waals surface area (Å²) in [7, 11) is 1.81. The first kappa shape index (κ1) is 25.5. The van der Waals surface area contributed by atoms with E-state index in [0.717, 1.165) is 22.5 Å². The van der Waals surface area contributed by atoms with Gasteiger partial charge in [-0.25, -0.2) is 0 Å². The maximum Gasteiger partial charge on any atom is 0.256 e. The van der Waals surface area contributed by atoms with Crippen LogP contribution in [0, 0.1) is 0 Å². The Balaban J connectivity index is 1.58. The molecule has 1 aromatic heterocycles. The van der Waals surface area contributed by atoms with Gasteiger partial charge in [0.05, 0.1) is 17.8 Å². The van der Waals surface area contributed by atoms with Gasteiger partial charge < -0.3 is 10.2 Å². The lowest BCUT2D eigenvalue weighted by Gasteiger charge is -2.25. The number of aromatic nitrogens is 2. The summed E-state index contributed by atoms with van der Waals surface area (Å²) in [5, 5.41) is 8.38. The molecule has 0 saturated carbocycles. The van der Waals surface area contributed by atoms with E-state index in [2.05, 4.69) is 50.4 Å². The van der Waals surface area contributed by atoms with Crippen LogP contribution in [-0.2, 0) is 18.5 Å². The van der Waals surface area contributed by atoms with Crippen LogP contribution in [0.4, 0.5) is 5.69 Å². The lowest BCUT2D eigenvalue weighted by atomic mass is 9.87. The highest BCUT2D eigenvalue weighted by Gasteiger charge is 2.21. The van der Waals surface area contributed by atoms with Gasteiger partial charge in [-0.3, -0.25) is 9.48 Å². The van der Waals surface area contributed by atoms with Crippen LogP contribution >= 0.6 is 11.6 Å². The second-order valence-electron chi connectivity index (χ2n) is 9.94. The zero-order chi connectivity index (χ0) is 25.7. The molecule has 4 rings (SSSR count). The van der Waals surface area contributed by atoms with E-state index in [1.807, 2.05) is 65.3 Å². The normalized spacial score (nSPS) is 11.4. The first-order chi connectivity index (χ1) is 17.2. The summed E-state index contributed by atoms with van der Waals surface area (Å²) >= 11 is 6.26. The number of carbonyl (C=O) groups excluding carboxylic acids is 1. The van der Waals surface area contributed by atoms with Crippen LogP contribution in [0.5, 0.6) is 0 Å². The molecule has 0 fully saturated rings. The minimum Gasteiger partial charge on any atom is -0.387 e. The molecule has 0 unspecified atom stereocenters. The van der Waals surface area contributed by atoms with Crippen molar-refractivity contribution in [2.75, 3.05) is 18.9 Å². The summed E-state index contributed by atoms with van der Waals surface area (Å²) in [6.07, 6.45) is 1.96. The van der Waals surface area contributed by atoms with Gasteiger partial charge in [-0.1, -0.05) is 87.0 Å². The summed E-state index contributed by atoms with van der Waals surface area (Å²) < 4.78 is 1.89. The molecule has 3 aromatic carbocycles. The maximum atomic E-state index is 13.8. The summed E-state index contributed by atoms with van der Waals surface area (Å²) in [4.78, 5) is 15.6. The number of amides is 1. The smallest absolute Gasteiger partial charge is 0.256 e. The van der Waals surface area contributed by atoms with Gasteiger partial charge in [0.25, 0.3) is 5.91 Å². The molecule has 0 aliphatic rings. The number of benzene rings is 3. The Labute approximate surface area is 218 Å². The van der Waals surface area contributed by atoms with Crippen molar-refractivity contribution in [2.24, 2.45) is 0 Å². The Morgan fingerprint density at radius 1 is 1.00 bits per heavy atom. The Morgan fingerprint density at radius 3 is 2.39 bits per heavy atom. The third kappa shape index (κ3) is 6.16. The molecule has 0 spiro atoms. The molecule has 1 heterocycles. The minimum absolute atomic E-state index is 0.0720. The number of carbonyl (C=O) groups is 1. The molecule has 0 aliphatic heterocycles. The van der Waals surface area contributed by atoms with Crippen LogP contribution in [0.3, 0.4) is 0 Å². The largest absolute Gasteiger partial charge is 0.387 e. The molecule has 5 nitrogen and oxygen atoms in total. The van der Waals surface area contributed by atoms with Crippen molar-refractivity contribution in [3.05, 3.63) is 107 Å². The summed E-state index contributed by atoms with van der Waals surface area (Å²) in [5.41, 5.74) is 5.72. The van der Waals surface area contributed by atoms with Gasteiger partial charge in [-0.05, 0) is 40.8 Å². The molecular weight excluding hydrogens is 468 g/mol. The van der Waals surface area contributed by atoms with Gasteiger partial charge >= 0.3 is 0 Å². The van der Waals surface area contributed by atoms with E-state index in [1.54, 1.807) is 12.1 Å². The number of halogens is 1. The molecule has 0 bridgehead atoms. The van der Waals surface area contributed by atoms with Crippen LogP contribution in [-0.4, -0.2) is 34.2 Å². The van der Waals surface area contributed by atoms with E-state index in [9.17, 15) is 4.79 Å². The maximum absolute atomic E-state index is 13.8. The van der Waals surface area contributed by atoms with Crippen molar-refractivity contribution in [3.63, 3.8) is 0 Å². The topological polar surface area (TPSA) is 50.2 Å². The summed E-state index contributed by atoms with van der Waals surface area (Å²) in [6.45, 7) is 8.17. The van der Waals surface area contributed by atoms with Crippen molar-refractivity contribution in [1.29, 1.82) is 0 Å². The van der Waals surface area contributed by atoms with E-state index >= 15 is 0 Å². The third-order valence-corrected chi connectivity index (χ3v) is 6.51. The summed E-state index contributed by atoms with van der Waals surface area (Å²) in [5.74, 6) is -0.0720. The lowest BCUT2D eigenvalue weighted by molar-refractivity contribution is 0.0736. The van der Waals surface area contributed by atoms with E-state index in [4.69, 9.17) is 16.7 Å². The van der Waals surface area contributed by atoms with Gasteiger partial charge in [-0.2, -0.15) is 5.10 Å². The van der Waals surface area contributed by atoms with Gasteiger partial charge in [-0.15, -0.1) is 0 Å². The number of nitrogens with one attached hydrogen (secondary N) is 1. The molecule has 6 heteroatoms. The van der Waals surface area contributed by atoms with Crippen molar-refractivity contribution < 1.29 is 4.79 Å². The average molecular weight is 501 g/mol. The zero-order valence-electron chi connectivity index (χ0n) is 21.3. The van der Waals surface area contributed by atoms with Crippen LogP contribution in [0.2, 0.25) is 5.02 Å². The highest BCUT2D eigenvalue weighted by Crippen LogP contribution is 2.25. The Hall–Kier alpha value is -3.57. The SMILES string of the molecule is CNc1ccc(Cl)cc1C(=O)N(CCn1ccc(-c2ccccc2)n1)Cc1ccc(C(C)(C)C)cc1. The Morgan fingerprint density at radius 2 is 1.72 bits per heavy atom. The van der Waals surface area contributed by atoms with Crippen LogP contribution in [0.1, 0.15) is 42.3 Å². The van der Waals surface area contributed by atoms with Gasteiger partial charge in [0, 0.05) is 42.6 Å². The van der Waals surface area contributed by atoms with Gasteiger partial charge in [0.1, 0.15) is 0 Å². The van der Waals surface area contributed by atoms with E-state index < -0.39 is 0 Å². The molecule has 1 N–H and O–H groups in total. The molecule has 36 heavy (non-hydrogen) atoms. The average Bonchev–Trinajstić information content (AvgIpc) is 3.35. The van der Waals surface area contributed by atoms with Crippen molar-refractivity contribution >= 4 is 23.2 Å². The number of rotatable bonds is 8. The highest BCUT2D eigenvalue weighted by molar-refractivity contribution is 6.31. The molecule has 0 atom stereocenters. The number of hydrogen-bond donors (Lipinski definition) is 1. The molecule has 4 aromatic rings. The molecule has 1 amide bonds. The third-order valence-electron chi connectivity index (χ3n) is 6.27. The Bertz CT molecular complexity index is 1310. The molecule has 186 valence electrons. The molecule has 0 aliphatic carbocycles. The lowest BCUT2D eigenvalue weighted by Crippen LogP contribution is -2.34. The second-order valence-corrected chi connectivity index (χ2v) is 10.4. The summed E-state index contributed by atoms with van der Waals surface area (Å²) in [6, 6.07) is 26.0. The van der Waals surface area contributed by atoms with Crippen LogP contribution in [0.15, 0.2) is 85.1 Å². The van der Waals surface area contributed by atoms with Crippen molar-refractivity contribution in [1.82, 2.24) is 14.7 Å². The van der Waals surface area contributed by atoms with Gasteiger partial charge in [0.2, 0.25) is 0 Å². The van der Waals surface area contributed by atoms with E-state index in [-0.39, 0.29) is 11.3 Å². The van der Waals surface area contributed by atoms with E-state index in [0.29, 0.717) is 30.2 Å². The quantitative estimate of drug-likeness (QED) is 0.286. The predicted octanol–water partition coefficient (Wildman–Crippen LogP) is 6.89. The fourth-order valence-electron chi connectivity index (χ4n) is 4.14. The number of anilines is 1. The standard InChI is InChI=1S/C30H33ClN4O/c1-30(2,3)24-12-10-22(11-13-24)21-34(29(36)26-20-25(31)14-15-28(26)32-4)18-19-35-17-16-27(33-35)23-8-6-5-7-9-23/h5-17,20,32H,18-19,21H2,1-4H3. The number of hydrogen-bond acceptors (Lipinski definition) is 3. The van der Waals surface area contributed by atoms with E-state index in [1.165, 1.54) is 5.56 Å². The molecule has 0 saturated heterocycles. The highest BCUT2D eigenvalue weighted by atomic mass is 35.5. The first-order valence-corrected chi connectivity index (χ1v) is 12.6. The van der Waals surface area contributed by atoms with Crippen LogP contribution in [0.25, 0.3) is 11.3 Å². The molecular formula is C30H33ClN4O. The van der Waals surface area contributed by atoms with Crippen LogP contribution < -0.4 is 5.32 Å². The molecule has 0 radical (unpaired) electrons. The zero-order valence-corrected chi connectivity index (χ0v) is 22.1. The minimum atomic E-state index is -0.0720. The van der Waals surface area contributed by atoms with Crippen molar-refractivity contribution in [2.45, 2.75) is 39.3 Å². The predicted molar refractivity (Wildman–Crippen MR) is 149 cm³/mol. The monoisotopic (exact) mass is 500 g/mol. The number of nitrogens with zero attached hydrogens (tertiary/aromatic N) is 3. The second kappa shape index (κ2) is 11.0.